The summed E-state index contributed by atoms with van der Waals surface area (Å²) in [6.07, 6.45) is 6.34. The van der Waals surface area contributed by atoms with Gasteiger partial charge in [-0.3, -0.25) is 9.79 Å². The average molecular weight is 498 g/mol. The summed E-state index contributed by atoms with van der Waals surface area (Å²) in [5, 5.41) is 9.72. The molecule has 0 aromatic heterocycles. The van der Waals surface area contributed by atoms with E-state index in [1.165, 1.54) is 18.2 Å². The molecule has 3 aromatic rings. The van der Waals surface area contributed by atoms with E-state index in [1.807, 2.05) is 6.07 Å². The molecule has 1 aliphatic carbocycles. The number of benzene rings is 3. The number of allylic oxidation sites excluding steroid dienone is 3. The van der Waals surface area contributed by atoms with Crippen LogP contribution in [-0.2, 0) is 10.2 Å². The minimum absolute atomic E-state index is 0.0119. The second-order valence-electron chi connectivity index (χ2n) is 8.95. The van der Waals surface area contributed by atoms with E-state index < -0.39 is 28.6 Å². The van der Waals surface area contributed by atoms with Gasteiger partial charge in [-0.15, -0.1) is 6.58 Å². The van der Waals surface area contributed by atoms with Crippen molar-refractivity contribution in [1.82, 2.24) is 0 Å². The third-order valence-electron chi connectivity index (χ3n) is 6.45. The second kappa shape index (κ2) is 10.3. The molecule has 1 N–H and O–H groups in total. The van der Waals surface area contributed by atoms with Crippen LogP contribution in [0.5, 0.6) is 0 Å². The zero-order chi connectivity index (χ0) is 26.6. The Morgan fingerprint density at radius 2 is 1.62 bits per heavy atom. The monoisotopic (exact) mass is 497 g/mol. The predicted molar refractivity (Wildman–Crippen MR) is 140 cm³/mol. The lowest BCUT2D eigenvalue weighted by molar-refractivity contribution is -0.129. The number of Topliss-reactive ketones (excluding diaryl/α,β-unsaturated/α-hetero) is 1. The highest BCUT2D eigenvalue weighted by Gasteiger charge is 2.43. The van der Waals surface area contributed by atoms with Crippen LogP contribution in [0.4, 0.5) is 8.78 Å². The zero-order valence-electron chi connectivity index (χ0n) is 20.2. The minimum atomic E-state index is -1.38. The van der Waals surface area contributed by atoms with Gasteiger partial charge in [-0.25, -0.2) is 13.6 Å². The minimum Gasteiger partial charge on any atom is -0.477 e. The maximum absolute atomic E-state index is 15.3. The van der Waals surface area contributed by atoms with Gasteiger partial charge in [0.25, 0.3) is 0 Å². The van der Waals surface area contributed by atoms with Crippen LogP contribution in [0.3, 0.4) is 0 Å². The third-order valence-corrected chi connectivity index (χ3v) is 6.45. The number of hydrogen-bond donors (Lipinski definition) is 1. The molecule has 2 atom stereocenters. The van der Waals surface area contributed by atoms with E-state index in [0.29, 0.717) is 11.1 Å². The molecule has 0 radical (unpaired) electrons. The zero-order valence-corrected chi connectivity index (χ0v) is 20.2. The first kappa shape index (κ1) is 25.6. The molecule has 0 spiro atoms. The standard InChI is InChI=1S/C31H25F2NO3/c1-3-10-27(29(36)37)34-30(2)17-18-31(22-13-8-5-9-14-22,24-16-15-23(32)19-26(24)33)20-25(30)28(35)21-11-6-4-7-12-21/h3-9,11-20H,1,10H2,2H3,(H,36,37). The fourth-order valence-corrected chi connectivity index (χ4v) is 4.58. The predicted octanol–water partition coefficient (Wildman–Crippen LogP) is 6.49. The quantitative estimate of drug-likeness (QED) is 0.220. The highest BCUT2D eigenvalue weighted by Crippen LogP contribution is 2.45. The lowest BCUT2D eigenvalue weighted by Gasteiger charge is -2.38. The molecule has 4 nitrogen and oxygen atoms in total. The van der Waals surface area contributed by atoms with E-state index in [9.17, 15) is 19.1 Å². The molecular formula is C31H25F2NO3. The number of carboxylic acids is 1. The number of carboxylic acid groups (broad SMARTS) is 1. The van der Waals surface area contributed by atoms with E-state index in [1.54, 1.807) is 79.7 Å². The summed E-state index contributed by atoms with van der Waals surface area (Å²) in [7, 11) is 0. The van der Waals surface area contributed by atoms with Crippen molar-refractivity contribution in [3.8, 4) is 0 Å². The summed E-state index contributed by atoms with van der Waals surface area (Å²) in [5.41, 5.74) is -1.51. The largest absolute Gasteiger partial charge is 0.477 e. The maximum atomic E-state index is 15.3. The molecule has 0 fully saturated rings. The van der Waals surface area contributed by atoms with E-state index in [2.05, 4.69) is 11.6 Å². The van der Waals surface area contributed by atoms with Crippen molar-refractivity contribution in [2.75, 3.05) is 0 Å². The highest BCUT2D eigenvalue weighted by atomic mass is 19.1. The molecule has 0 saturated carbocycles. The van der Waals surface area contributed by atoms with Crippen LogP contribution >= 0.6 is 0 Å². The number of halogens is 2. The number of ketones is 1. The molecule has 2 unspecified atom stereocenters. The highest BCUT2D eigenvalue weighted by molar-refractivity contribution is 6.36. The first-order valence-corrected chi connectivity index (χ1v) is 11.7. The molecule has 3 aromatic carbocycles. The van der Waals surface area contributed by atoms with Crippen LogP contribution in [0.15, 0.2) is 120 Å². The Balaban J connectivity index is 2.04. The van der Waals surface area contributed by atoms with Crippen molar-refractivity contribution in [3.05, 3.63) is 144 Å². The van der Waals surface area contributed by atoms with Crippen LogP contribution in [0.25, 0.3) is 0 Å². The van der Waals surface area contributed by atoms with Gasteiger partial charge < -0.3 is 5.11 Å². The van der Waals surface area contributed by atoms with Crippen molar-refractivity contribution in [2.45, 2.75) is 24.3 Å². The van der Waals surface area contributed by atoms with Gasteiger partial charge in [-0.05, 0) is 18.6 Å². The SMILES string of the molecule is C=CCC(=NC1(C)C=CC(c2ccccc2)(c2ccc(F)cc2F)C=C1C(=O)c1ccccc1)C(=O)O. The van der Waals surface area contributed by atoms with Gasteiger partial charge in [0.15, 0.2) is 5.78 Å². The summed E-state index contributed by atoms with van der Waals surface area (Å²) in [4.78, 5) is 30.3. The lowest BCUT2D eigenvalue weighted by atomic mass is 9.66. The molecule has 0 saturated heterocycles. The fraction of sp³-hybridized carbons (Fsp3) is 0.129. The molecule has 6 heteroatoms. The van der Waals surface area contributed by atoms with Gasteiger partial charge in [0.2, 0.25) is 0 Å². The molecule has 37 heavy (non-hydrogen) atoms. The Morgan fingerprint density at radius 1 is 0.973 bits per heavy atom. The first-order valence-electron chi connectivity index (χ1n) is 11.7. The van der Waals surface area contributed by atoms with Crippen LogP contribution < -0.4 is 0 Å². The summed E-state index contributed by atoms with van der Waals surface area (Å²) in [6, 6.07) is 20.8. The molecule has 0 bridgehead atoms. The van der Waals surface area contributed by atoms with E-state index in [4.69, 9.17) is 0 Å². The van der Waals surface area contributed by atoms with Crippen molar-refractivity contribution in [1.29, 1.82) is 0 Å². The van der Waals surface area contributed by atoms with Crippen molar-refractivity contribution in [3.63, 3.8) is 0 Å². The Kier molecular flexibility index (Phi) is 7.11. The number of aliphatic carboxylic acids is 1. The number of hydrogen-bond acceptors (Lipinski definition) is 3. The number of rotatable bonds is 8. The van der Waals surface area contributed by atoms with Crippen molar-refractivity contribution in [2.24, 2.45) is 4.99 Å². The number of carbonyl (C=O) groups excluding carboxylic acids is 1. The lowest BCUT2D eigenvalue weighted by Crippen LogP contribution is -2.38. The van der Waals surface area contributed by atoms with Gasteiger partial charge in [-0.1, -0.05) is 91.0 Å². The smallest absolute Gasteiger partial charge is 0.350 e. The molecule has 4 rings (SSSR count). The normalized spacial score (nSPS) is 21.3. The van der Waals surface area contributed by atoms with Crippen LogP contribution in [-0.4, -0.2) is 28.1 Å². The molecular weight excluding hydrogens is 472 g/mol. The van der Waals surface area contributed by atoms with Crippen LogP contribution in [0, 0.1) is 11.6 Å². The number of nitrogens with zero attached hydrogens (tertiary/aromatic N) is 1. The van der Waals surface area contributed by atoms with Gasteiger partial charge in [0.1, 0.15) is 22.9 Å². The number of carbonyl (C=O) groups is 2. The van der Waals surface area contributed by atoms with Crippen LogP contribution in [0.1, 0.15) is 34.8 Å². The van der Waals surface area contributed by atoms with Crippen LogP contribution in [0.2, 0.25) is 0 Å². The van der Waals surface area contributed by atoms with Gasteiger partial charge in [-0.2, -0.15) is 0 Å². The summed E-state index contributed by atoms with van der Waals surface area (Å²) < 4.78 is 29.2. The fourth-order valence-electron chi connectivity index (χ4n) is 4.58. The summed E-state index contributed by atoms with van der Waals surface area (Å²) in [5.74, 6) is -3.12. The number of aliphatic imine (C=N–C) groups is 1. The van der Waals surface area contributed by atoms with E-state index in [0.717, 1.165) is 6.07 Å². The molecule has 0 heterocycles. The van der Waals surface area contributed by atoms with Gasteiger partial charge >= 0.3 is 5.97 Å². The Bertz CT molecular complexity index is 1440. The van der Waals surface area contributed by atoms with E-state index >= 15 is 4.39 Å². The molecule has 0 amide bonds. The van der Waals surface area contributed by atoms with E-state index in [-0.39, 0.29) is 29.1 Å². The Hall–Kier alpha value is -4.45. The summed E-state index contributed by atoms with van der Waals surface area (Å²) >= 11 is 0. The Labute approximate surface area is 214 Å². The molecule has 0 aliphatic heterocycles. The van der Waals surface area contributed by atoms with Gasteiger partial charge in [0, 0.05) is 29.2 Å². The summed E-state index contributed by atoms with van der Waals surface area (Å²) in [6.45, 7) is 5.24. The topological polar surface area (TPSA) is 66.7 Å². The second-order valence-corrected chi connectivity index (χ2v) is 8.95. The van der Waals surface area contributed by atoms with Crippen molar-refractivity contribution < 1.29 is 23.5 Å². The molecule has 186 valence electrons. The van der Waals surface area contributed by atoms with Crippen molar-refractivity contribution >= 4 is 17.5 Å². The average Bonchev–Trinajstić information content (AvgIpc) is 2.90. The first-order chi connectivity index (χ1) is 17.7. The molecule has 1 aliphatic rings. The van der Waals surface area contributed by atoms with Gasteiger partial charge in [0.05, 0.1) is 5.41 Å². The third kappa shape index (κ3) is 4.96. The maximum Gasteiger partial charge on any atom is 0.350 e. The Morgan fingerprint density at radius 3 is 2.22 bits per heavy atom.